The van der Waals surface area contributed by atoms with Crippen molar-refractivity contribution in [3.8, 4) is 0 Å². The summed E-state index contributed by atoms with van der Waals surface area (Å²) in [5.74, 6) is 0.121. The van der Waals surface area contributed by atoms with Crippen LogP contribution in [0.5, 0.6) is 0 Å². The van der Waals surface area contributed by atoms with E-state index < -0.39 is 0 Å². The van der Waals surface area contributed by atoms with E-state index in [4.69, 9.17) is 11.1 Å². The Bertz CT molecular complexity index is 208. The predicted molar refractivity (Wildman–Crippen MR) is 37.5 cm³/mol. The molecule has 1 rings (SSSR count). The van der Waals surface area contributed by atoms with Crippen LogP contribution in [0.1, 0.15) is 5.56 Å². The van der Waals surface area contributed by atoms with E-state index in [-0.39, 0.29) is 22.6 Å². The topological polar surface area (TPSA) is 49.9 Å². The number of nitrogens with two attached hydrogens (primary N) is 1. The molecule has 0 saturated carbocycles. The predicted octanol–water partition coefficient (Wildman–Crippen LogP) is 0.968. The summed E-state index contributed by atoms with van der Waals surface area (Å²) in [6.45, 7) is 0. The van der Waals surface area contributed by atoms with Gasteiger partial charge in [-0.1, -0.05) is 30.3 Å². The van der Waals surface area contributed by atoms with E-state index in [2.05, 4.69) is 0 Å². The van der Waals surface area contributed by atoms with E-state index in [9.17, 15) is 0 Å². The van der Waals surface area contributed by atoms with Crippen LogP contribution < -0.4 is 5.73 Å². The number of rotatable bonds is 1. The number of hydrogen-bond acceptors (Lipinski definition) is 1. The van der Waals surface area contributed by atoms with E-state index >= 15 is 0 Å². The van der Waals surface area contributed by atoms with Crippen LogP contribution >= 0.6 is 0 Å². The molecule has 1 aromatic rings. The molecule has 1 aromatic carbocycles. The molecule has 0 atom stereocenters. The number of nitrogen functional groups attached to an aromatic ring is 1. The normalized spacial score (nSPS) is 8.00. The fourth-order valence-electron chi connectivity index (χ4n) is 0.618. The molecule has 0 aliphatic carbocycles. The third kappa shape index (κ3) is 2.20. The van der Waals surface area contributed by atoms with Crippen LogP contribution in [0.2, 0.25) is 0 Å². The summed E-state index contributed by atoms with van der Waals surface area (Å²) in [5.41, 5.74) is 5.97. The van der Waals surface area contributed by atoms with Crippen LogP contribution in [0, 0.1) is 5.41 Å². The monoisotopic (exact) mass is 179 g/mol. The first kappa shape index (κ1) is 9.20. The van der Waals surface area contributed by atoms with Gasteiger partial charge in [-0.05, 0) is 0 Å². The van der Waals surface area contributed by atoms with Gasteiger partial charge in [-0.2, -0.15) is 0 Å². The average Bonchev–Trinajstić information content (AvgIpc) is 1.90. The standard InChI is InChI=1S/C7H8N2.Co/c8-7(9)6-4-2-1-3-5-6;/h1-5H,(H3,8,9);. The number of hydrogen-bond donors (Lipinski definition) is 2. The molecule has 3 heteroatoms. The van der Waals surface area contributed by atoms with Gasteiger partial charge in [-0.25, -0.2) is 0 Å². The summed E-state index contributed by atoms with van der Waals surface area (Å²) < 4.78 is 0. The van der Waals surface area contributed by atoms with Crippen LogP contribution in [-0.4, -0.2) is 5.84 Å². The summed E-state index contributed by atoms with van der Waals surface area (Å²) >= 11 is 0. The molecule has 10 heavy (non-hydrogen) atoms. The first-order chi connectivity index (χ1) is 4.30. The molecule has 2 nitrogen and oxygen atoms in total. The molecular formula is C7H8CoN2. The van der Waals surface area contributed by atoms with E-state index in [1.54, 1.807) is 0 Å². The molecule has 0 spiro atoms. The van der Waals surface area contributed by atoms with Crippen molar-refractivity contribution in [2.24, 2.45) is 5.73 Å². The fourth-order valence-corrected chi connectivity index (χ4v) is 0.618. The van der Waals surface area contributed by atoms with Gasteiger partial charge in [-0.3, -0.25) is 5.41 Å². The minimum absolute atomic E-state index is 0. The van der Waals surface area contributed by atoms with Crippen molar-refractivity contribution < 1.29 is 16.8 Å². The Hall–Kier alpha value is -0.804. The Morgan fingerprint density at radius 2 is 1.70 bits per heavy atom. The second-order valence-electron chi connectivity index (χ2n) is 1.78. The van der Waals surface area contributed by atoms with Crippen LogP contribution in [0.25, 0.3) is 0 Å². The van der Waals surface area contributed by atoms with Crippen molar-refractivity contribution in [2.45, 2.75) is 0 Å². The minimum Gasteiger partial charge on any atom is -0.384 e. The quantitative estimate of drug-likeness (QED) is 0.489. The van der Waals surface area contributed by atoms with Crippen LogP contribution in [0.4, 0.5) is 0 Å². The summed E-state index contributed by atoms with van der Waals surface area (Å²) in [6, 6.07) is 9.23. The molecule has 0 fully saturated rings. The van der Waals surface area contributed by atoms with Gasteiger partial charge in [0.1, 0.15) is 5.84 Å². The molecule has 0 unspecified atom stereocenters. The van der Waals surface area contributed by atoms with E-state index in [1.807, 2.05) is 30.3 Å². The smallest absolute Gasteiger partial charge is 0.122 e. The maximum atomic E-state index is 7.01. The molecule has 0 aliphatic heterocycles. The molecule has 3 N–H and O–H groups in total. The second-order valence-corrected chi connectivity index (χ2v) is 1.78. The molecule has 0 amide bonds. The van der Waals surface area contributed by atoms with E-state index in [0.717, 1.165) is 5.56 Å². The fraction of sp³-hybridized carbons (Fsp3) is 0. The van der Waals surface area contributed by atoms with Gasteiger partial charge in [0.15, 0.2) is 0 Å². The Labute approximate surface area is 70.1 Å². The number of nitrogens with one attached hydrogen (secondary N) is 1. The largest absolute Gasteiger partial charge is 0.384 e. The summed E-state index contributed by atoms with van der Waals surface area (Å²) in [7, 11) is 0. The van der Waals surface area contributed by atoms with Crippen molar-refractivity contribution in [1.29, 1.82) is 5.41 Å². The summed E-state index contributed by atoms with van der Waals surface area (Å²) in [6.07, 6.45) is 0. The molecule has 1 radical (unpaired) electrons. The Morgan fingerprint density at radius 1 is 1.20 bits per heavy atom. The zero-order valence-electron chi connectivity index (χ0n) is 5.30. The van der Waals surface area contributed by atoms with Gasteiger partial charge < -0.3 is 5.73 Å². The SMILES string of the molecule is N=C(N)c1ccccc1.[Co]. The maximum Gasteiger partial charge on any atom is 0.122 e. The molecule has 0 aromatic heterocycles. The van der Waals surface area contributed by atoms with Gasteiger partial charge in [0, 0.05) is 22.3 Å². The maximum absolute atomic E-state index is 7.01. The minimum atomic E-state index is 0. The van der Waals surface area contributed by atoms with Crippen molar-refractivity contribution in [2.75, 3.05) is 0 Å². The third-order valence-corrected chi connectivity index (χ3v) is 1.08. The zero-order chi connectivity index (χ0) is 6.69. The number of amidine groups is 1. The average molecular weight is 179 g/mol. The van der Waals surface area contributed by atoms with Gasteiger partial charge in [0.2, 0.25) is 0 Å². The zero-order valence-corrected chi connectivity index (χ0v) is 6.34. The Balaban J connectivity index is 0.000000810. The molecule has 0 heterocycles. The molecular weight excluding hydrogens is 171 g/mol. The van der Waals surface area contributed by atoms with Gasteiger partial charge in [0.25, 0.3) is 0 Å². The number of benzene rings is 1. The molecule has 0 bridgehead atoms. The molecule has 0 saturated heterocycles. The van der Waals surface area contributed by atoms with Crippen LogP contribution in [-0.2, 0) is 16.8 Å². The van der Waals surface area contributed by atoms with Gasteiger partial charge in [0.05, 0.1) is 0 Å². The summed E-state index contributed by atoms with van der Waals surface area (Å²) in [4.78, 5) is 0. The van der Waals surface area contributed by atoms with Crippen molar-refractivity contribution in [3.63, 3.8) is 0 Å². The van der Waals surface area contributed by atoms with Crippen LogP contribution in [0.15, 0.2) is 30.3 Å². The first-order valence-electron chi connectivity index (χ1n) is 2.70. The van der Waals surface area contributed by atoms with E-state index in [1.165, 1.54) is 0 Å². The van der Waals surface area contributed by atoms with Crippen molar-refractivity contribution in [1.82, 2.24) is 0 Å². The third-order valence-electron chi connectivity index (χ3n) is 1.08. The Morgan fingerprint density at radius 3 is 2.00 bits per heavy atom. The van der Waals surface area contributed by atoms with E-state index in [0.29, 0.717) is 0 Å². The first-order valence-corrected chi connectivity index (χ1v) is 2.70. The van der Waals surface area contributed by atoms with Crippen molar-refractivity contribution >= 4 is 5.84 Å². The Kier molecular flexibility index (Phi) is 3.75. The molecule has 0 aliphatic rings. The summed E-state index contributed by atoms with van der Waals surface area (Å²) in [5, 5.41) is 7.01. The second kappa shape index (κ2) is 4.08. The van der Waals surface area contributed by atoms with Gasteiger partial charge in [-0.15, -0.1) is 0 Å². The molecule has 55 valence electrons. The van der Waals surface area contributed by atoms with Crippen molar-refractivity contribution in [3.05, 3.63) is 35.9 Å². The van der Waals surface area contributed by atoms with Gasteiger partial charge >= 0.3 is 0 Å². The van der Waals surface area contributed by atoms with Crippen LogP contribution in [0.3, 0.4) is 0 Å².